The summed E-state index contributed by atoms with van der Waals surface area (Å²) in [6.45, 7) is 7.57. The van der Waals surface area contributed by atoms with Crippen LogP contribution < -0.4 is 10.1 Å². The fourth-order valence-electron chi connectivity index (χ4n) is 2.90. The van der Waals surface area contributed by atoms with Crippen LogP contribution in [0, 0.1) is 0 Å². The molecular weight excluding hydrogens is 468 g/mol. The molecule has 2 aromatic carbocycles. The average molecular weight is 496 g/mol. The van der Waals surface area contributed by atoms with Gasteiger partial charge in [0.1, 0.15) is 11.8 Å². The molecule has 0 fully saturated rings. The van der Waals surface area contributed by atoms with Crippen LogP contribution in [0.3, 0.4) is 0 Å². The minimum atomic E-state index is -0.675. The predicted molar refractivity (Wildman–Crippen MR) is 124 cm³/mol. The Morgan fingerprint density at radius 2 is 1.87 bits per heavy atom. The van der Waals surface area contributed by atoms with Crippen molar-refractivity contribution in [2.24, 2.45) is 0 Å². The van der Waals surface area contributed by atoms with Crippen molar-refractivity contribution in [1.82, 2.24) is 10.2 Å². The fourth-order valence-corrected chi connectivity index (χ4v) is 3.64. The minimum absolute atomic E-state index is 0.0264. The predicted octanol–water partition coefficient (Wildman–Crippen LogP) is 4.99. The Labute approximate surface area is 191 Å². The molecule has 1 atom stereocenters. The molecule has 0 saturated heterocycles. The van der Waals surface area contributed by atoms with Crippen molar-refractivity contribution in [2.45, 2.75) is 52.7 Å². The van der Waals surface area contributed by atoms with E-state index in [2.05, 4.69) is 28.2 Å². The summed E-state index contributed by atoms with van der Waals surface area (Å²) in [4.78, 5) is 27.1. The van der Waals surface area contributed by atoms with Crippen LogP contribution in [0.4, 0.5) is 0 Å². The fraction of sp³-hybridized carbons (Fsp3) is 0.391. The number of rotatable bonds is 9. The van der Waals surface area contributed by atoms with E-state index in [-0.39, 0.29) is 31.0 Å². The lowest BCUT2D eigenvalue weighted by molar-refractivity contribution is -0.142. The van der Waals surface area contributed by atoms with Gasteiger partial charge in [-0.2, -0.15) is 0 Å². The summed E-state index contributed by atoms with van der Waals surface area (Å²) in [5.41, 5.74) is 1.94. The third-order valence-electron chi connectivity index (χ3n) is 4.65. The van der Waals surface area contributed by atoms with Crippen LogP contribution in [0.1, 0.15) is 38.8 Å². The first-order chi connectivity index (χ1) is 14.2. The van der Waals surface area contributed by atoms with Gasteiger partial charge in [0.05, 0.1) is 4.47 Å². The van der Waals surface area contributed by atoms with E-state index in [0.29, 0.717) is 10.8 Å². The van der Waals surface area contributed by atoms with E-state index in [0.717, 1.165) is 16.5 Å². The number of nitrogens with one attached hydrogen (secondary N) is 1. The molecule has 162 valence electrons. The van der Waals surface area contributed by atoms with Gasteiger partial charge in [-0.15, -0.1) is 0 Å². The second kappa shape index (κ2) is 11.4. The van der Waals surface area contributed by atoms with Crippen molar-refractivity contribution >= 4 is 39.3 Å². The molecule has 2 amide bonds. The smallest absolute Gasteiger partial charge is 0.261 e. The lowest BCUT2D eigenvalue weighted by Gasteiger charge is -2.29. The van der Waals surface area contributed by atoms with Crippen LogP contribution in [0.2, 0.25) is 5.02 Å². The van der Waals surface area contributed by atoms with E-state index in [1.807, 2.05) is 50.2 Å². The van der Waals surface area contributed by atoms with Crippen LogP contribution >= 0.6 is 27.5 Å². The number of carbonyl (C=O) groups excluding carboxylic acids is 2. The Balaban J connectivity index is 2.18. The summed E-state index contributed by atoms with van der Waals surface area (Å²) in [5, 5.41) is 3.41. The molecule has 1 N–H and O–H groups in total. The average Bonchev–Trinajstić information content (AvgIpc) is 2.71. The summed E-state index contributed by atoms with van der Waals surface area (Å²) in [6, 6.07) is 12.4. The van der Waals surface area contributed by atoms with E-state index >= 15 is 0 Å². The largest absolute Gasteiger partial charge is 0.483 e. The molecule has 0 aliphatic heterocycles. The normalized spacial score (nSPS) is 11.8. The number of ether oxygens (including phenoxy) is 1. The summed E-state index contributed by atoms with van der Waals surface area (Å²) >= 11 is 9.77. The SMILES string of the molecule is CCc1ccc(OCC(=O)N(Cc2ccccc2Cl)[C@H](C)C(=O)NC(C)C)c(Br)c1. The highest BCUT2D eigenvalue weighted by Gasteiger charge is 2.27. The third kappa shape index (κ3) is 6.74. The highest BCUT2D eigenvalue weighted by Crippen LogP contribution is 2.26. The standard InChI is InChI=1S/C23H28BrClN2O3/c1-5-17-10-11-21(19(24)12-17)30-14-22(28)27(16(4)23(29)26-15(2)3)13-18-8-6-7-9-20(18)25/h6-12,15-16H,5,13-14H2,1-4H3,(H,26,29)/t16-/m1/s1. The van der Waals surface area contributed by atoms with Crippen molar-refractivity contribution in [3.05, 3.63) is 63.1 Å². The maximum absolute atomic E-state index is 13.1. The molecule has 0 bridgehead atoms. The maximum atomic E-state index is 13.1. The van der Waals surface area contributed by atoms with Crippen molar-refractivity contribution in [3.63, 3.8) is 0 Å². The summed E-state index contributed by atoms with van der Waals surface area (Å²) in [5.74, 6) is 0.0594. The molecule has 0 radical (unpaired) electrons. The Morgan fingerprint density at radius 1 is 1.17 bits per heavy atom. The second-order valence-electron chi connectivity index (χ2n) is 7.36. The maximum Gasteiger partial charge on any atom is 0.261 e. The van der Waals surface area contributed by atoms with Gasteiger partial charge in [0.15, 0.2) is 6.61 Å². The number of hydrogen-bond acceptors (Lipinski definition) is 3. The zero-order valence-electron chi connectivity index (χ0n) is 17.7. The molecule has 2 aromatic rings. The first-order valence-electron chi connectivity index (χ1n) is 9.97. The molecule has 7 heteroatoms. The number of benzene rings is 2. The van der Waals surface area contributed by atoms with Crippen molar-refractivity contribution in [3.8, 4) is 5.75 Å². The van der Waals surface area contributed by atoms with Gasteiger partial charge in [-0.3, -0.25) is 9.59 Å². The van der Waals surface area contributed by atoms with Crippen LogP contribution in [-0.2, 0) is 22.6 Å². The van der Waals surface area contributed by atoms with Gasteiger partial charge in [0, 0.05) is 17.6 Å². The summed E-state index contributed by atoms with van der Waals surface area (Å²) in [6.07, 6.45) is 0.909. The second-order valence-corrected chi connectivity index (χ2v) is 8.62. The van der Waals surface area contributed by atoms with E-state index in [1.165, 1.54) is 10.5 Å². The van der Waals surface area contributed by atoms with E-state index < -0.39 is 6.04 Å². The summed E-state index contributed by atoms with van der Waals surface area (Å²) < 4.78 is 6.54. The van der Waals surface area contributed by atoms with Gasteiger partial charge < -0.3 is 15.0 Å². The van der Waals surface area contributed by atoms with Crippen molar-refractivity contribution < 1.29 is 14.3 Å². The van der Waals surface area contributed by atoms with Crippen LogP contribution in [0.15, 0.2) is 46.9 Å². The third-order valence-corrected chi connectivity index (χ3v) is 5.64. The molecule has 0 saturated carbocycles. The van der Waals surface area contributed by atoms with E-state index in [1.54, 1.807) is 13.0 Å². The summed E-state index contributed by atoms with van der Waals surface area (Å²) in [7, 11) is 0. The Bertz CT molecular complexity index is 889. The Morgan fingerprint density at radius 3 is 2.47 bits per heavy atom. The molecule has 0 aliphatic rings. The number of hydrogen-bond donors (Lipinski definition) is 1. The van der Waals surface area contributed by atoms with Crippen molar-refractivity contribution in [2.75, 3.05) is 6.61 Å². The van der Waals surface area contributed by atoms with Crippen LogP contribution in [-0.4, -0.2) is 35.4 Å². The quantitative estimate of drug-likeness (QED) is 0.533. The van der Waals surface area contributed by atoms with Crippen LogP contribution in [0.5, 0.6) is 5.75 Å². The first-order valence-corrected chi connectivity index (χ1v) is 11.1. The van der Waals surface area contributed by atoms with Crippen LogP contribution in [0.25, 0.3) is 0 Å². The minimum Gasteiger partial charge on any atom is -0.483 e. The zero-order chi connectivity index (χ0) is 22.3. The lowest BCUT2D eigenvalue weighted by Crippen LogP contribution is -2.50. The molecular formula is C23H28BrClN2O3. The topological polar surface area (TPSA) is 58.6 Å². The molecule has 30 heavy (non-hydrogen) atoms. The van der Waals surface area contributed by atoms with Gasteiger partial charge in [-0.1, -0.05) is 42.8 Å². The van der Waals surface area contributed by atoms with Gasteiger partial charge >= 0.3 is 0 Å². The highest BCUT2D eigenvalue weighted by molar-refractivity contribution is 9.10. The van der Waals surface area contributed by atoms with E-state index in [9.17, 15) is 9.59 Å². The number of aryl methyl sites for hydroxylation is 1. The van der Waals surface area contributed by atoms with E-state index in [4.69, 9.17) is 16.3 Å². The molecule has 5 nitrogen and oxygen atoms in total. The first kappa shape index (κ1) is 24.2. The lowest BCUT2D eigenvalue weighted by atomic mass is 10.1. The van der Waals surface area contributed by atoms with Gasteiger partial charge in [0.25, 0.3) is 5.91 Å². The van der Waals surface area contributed by atoms with Gasteiger partial charge in [-0.25, -0.2) is 0 Å². The number of nitrogens with zero attached hydrogens (tertiary/aromatic N) is 1. The Kier molecular flexibility index (Phi) is 9.18. The monoisotopic (exact) mass is 494 g/mol. The molecule has 2 rings (SSSR count). The zero-order valence-corrected chi connectivity index (χ0v) is 20.1. The Hall–Kier alpha value is -2.05. The number of amides is 2. The van der Waals surface area contributed by atoms with Gasteiger partial charge in [0.2, 0.25) is 5.91 Å². The van der Waals surface area contributed by atoms with Crippen molar-refractivity contribution in [1.29, 1.82) is 0 Å². The molecule has 0 aliphatic carbocycles. The molecule has 0 aromatic heterocycles. The molecule has 0 spiro atoms. The molecule has 0 unspecified atom stereocenters. The highest BCUT2D eigenvalue weighted by atomic mass is 79.9. The molecule has 0 heterocycles. The number of halogens is 2. The number of carbonyl (C=O) groups is 2. The van der Waals surface area contributed by atoms with Gasteiger partial charge in [-0.05, 0) is 72.4 Å².